The van der Waals surface area contributed by atoms with Crippen molar-refractivity contribution in [1.29, 1.82) is 0 Å². The highest BCUT2D eigenvalue weighted by Gasteiger charge is 2.13. The van der Waals surface area contributed by atoms with Gasteiger partial charge in [-0.05, 0) is 38.1 Å². The first kappa shape index (κ1) is 16.9. The molecule has 0 saturated carbocycles. The van der Waals surface area contributed by atoms with Crippen LogP contribution >= 0.6 is 23.1 Å². The average Bonchev–Trinajstić information content (AvgIpc) is 3.15. The SMILES string of the molecule is Cc1cc(C)n2c(SCC(=O)Nc3nc4ccc(F)cc4s3)nnc2n1. The van der Waals surface area contributed by atoms with Gasteiger partial charge in [-0.2, -0.15) is 0 Å². The number of aryl methyl sites for hydroxylation is 2. The Morgan fingerprint density at radius 2 is 2.12 bits per heavy atom. The number of carbonyl (C=O) groups is 1. The lowest BCUT2D eigenvalue weighted by atomic mass is 10.3. The summed E-state index contributed by atoms with van der Waals surface area (Å²) in [6.07, 6.45) is 0. The molecule has 4 rings (SSSR count). The molecule has 10 heteroatoms. The fourth-order valence-corrected chi connectivity index (χ4v) is 4.22. The number of halogens is 1. The van der Waals surface area contributed by atoms with Crippen LogP contribution in [0.2, 0.25) is 0 Å². The van der Waals surface area contributed by atoms with Gasteiger partial charge in [0.1, 0.15) is 5.82 Å². The molecule has 3 heterocycles. The molecule has 0 aliphatic carbocycles. The second-order valence-corrected chi connectivity index (χ2v) is 7.60. The van der Waals surface area contributed by atoms with E-state index in [4.69, 9.17) is 0 Å². The molecule has 1 amide bonds. The van der Waals surface area contributed by atoms with Crippen molar-refractivity contribution >= 4 is 50.1 Å². The van der Waals surface area contributed by atoms with Crippen LogP contribution in [0.3, 0.4) is 0 Å². The molecule has 132 valence electrons. The molecule has 0 aliphatic rings. The van der Waals surface area contributed by atoms with Gasteiger partial charge >= 0.3 is 0 Å². The lowest BCUT2D eigenvalue weighted by molar-refractivity contribution is -0.113. The number of hydrogen-bond donors (Lipinski definition) is 1. The minimum Gasteiger partial charge on any atom is -0.301 e. The van der Waals surface area contributed by atoms with Crippen molar-refractivity contribution in [3.8, 4) is 0 Å². The molecule has 7 nitrogen and oxygen atoms in total. The van der Waals surface area contributed by atoms with Gasteiger partial charge in [0.25, 0.3) is 5.78 Å². The van der Waals surface area contributed by atoms with Crippen molar-refractivity contribution in [2.45, 2.75) is 19.0 Å². The van der Waals surface area contributed by atoms with Gasteiger partial charge in [-0.15, -0.1) is 10.2 Å². The van der Waals surface area contributed by atoms with Crippen molar-refractivity contribution in [3.05, 3.63) is 41.5 Å². The fourth-order valence-electron chi connectivity index (χ4n) is 2.53. The van der Waals surface area contributed by atoms with Crippen LogP contribution in [0.5, 0.6) is 0 Å². The number of thioether (sulfide) groups is 1. The van der Waals surface area contributed by atoms with Crippen LogP contribution in [0.4, 0.5) is 9.52 Å². The second kappa shape index (κ2) is 6.61. The number of amides is 1. The summed E-state index contributed by atoms with van der Waals surface area (Å²) in [7, 11) is 0. The lowest BCUT2D eigenvalue weighted by Crippen LogP contribution is -2.14. The van der Waals surface area contributed by atoms with Crippen molar-refractivity contribution in [2.75, 3.05) is 11.1 Å². The number of anilines is 1. The zero-order chi connectivity index (χ0) is 18.3. The predicted octanol–water partition coefficient (Wildman–Crippen LogP) is 3.22. The van der Waals surface area contributed by atoms with E-state index in [0.29, 0.717) is 26.3 Å². The van der Waals surface area contributed by atoms with Gasteiger partial charge in [-0.3, -0.25) is 9.20 Å². The Kier molecular flexibility index (Phi) is 4.29. The number of nitrogens with one attached hydrogen (secondary N) is 1. The average molecular weight is 388 g/mol. The largest absolute Gasteiger partial charge is 0.301 e. The van der Waals surface area contributed by atoms with Gasteiger partial charge in [0.05, 0.1) is 16.0 Å². The third-order valence-electron chi connectivity index (χ3n) is 3.59. The van der Waals surface area contributed by atoms with Gasteiger partial charge in [0.15, 0.2) is 10.3 Å². The predicted molar refractivity (Wildman–Crippen MR) is 99.2 cm³/mol. The summed E-state index contributed by atoms with van der Waals surface area (Å²) in [6, 6.07) is 6.27. The van der Waals surface area contributed by atoms with Crippen LogP contribution in [0.25, 0.3) is 16.0 Å². The molecule has 0 spiro atoms. The zero-order valence-corrected chi connectivity index (χ0v) is 15.5. The number of benzene rings is 1. The third-order valence-corrected chi connectivity index (χ3v) is 5.45. The summed E-state index contributed by atoms with van der Waals surface area (Å²) in [4.78, 5) is 20.8. The summed E-state index contributed by atoms with van der Waals surface area (Å²) in [5, 5.41) is 11.9. The highest BCUT2D eigenvalue weighted by Crippen LogP contribution is 2.27. The van der Waals surface area contributed by atoms with E-state index in [1.54, 1.807) is 6.07 Å². The molecule has 0 fully saturated rings. The van der Waals surface area contributed by atoms with E-state index >= 15 is 0 Å². The smallest absolute Gasteiger partial charge is 0.256 e. The van der Waals surface area contributed by atoms with E-state index in [9.17, 15) is 9.18 Å². The standard InChI is InChI=1S/C16H13FN6OS2/c1-8-5-9(2)23-14(18-8)21-22-16(23)25-7-13(24)20-15-19-11-4-3-10(17)6-12(11)26-15/h3-6H,7H2,1-2H3,(H,19,20,24). The third kappa shape index (κ3) is 3.25. The number of carbonyl (C=O) groups excluding carboxylic acids is 1. The van der Waals surface area contributed by atoms with Gasteiger partial charge in [0, 0.05) is 11.4 Å². The molecule has 1 N–H and O–H groups in total. The van der Waals surface area contributed by atoms with Gasteiger partial charge in [0.2, 0.25) is 5.91 Å². The molecule has 3 aromatic heterocycles. The van der Waals surface area contributed by atoms with Crippen LogP contribution < -0.4 is 5.32 Å². The zero-order valence-electron chi connectivity index (χ0n) is 13.9. The van der Waals surface area contributed by atoms with Crippen LogP contribution in [0.15, 0.2) is 29.4 Å². The van der Waals surface area contributed by atoms with E-state index in [-0.39, 0.29) is 17.5 Å². The monoisotopic (exact) mass is 388 g/mol. The molecule has 0 saturated heterocycles. The van der Waals surface area contributed by atoms with E-state index in [0.717, 1.165) is 11.4 Å². The highest BCUT2D eigenvalue weighted by molar-refractivity contribution is 7.99. The molecular weight excluding hydrogens is 375 g/mol. The van der Waals surface area contributed by atoms with E-state index in [1.165, 1.54) is 35.2 Å². The molecule has 0 unspecified atom stereocenters. The minimum atomic E-state index is -0.326. The van der Waals surface area contributed by atoms with Gasteiger partial charge in [-0.1, -0.05) is 23.1 Å². The number of fused-ring (bicyclic) bond motifs is 2. The molecular formula is C16H13FN6OS2. The topological polar surface area (TPSA) is 85.1 Å². The number of aromatic nitrogens is 5. The van der Waals surface area contributed by atoms with Crippen molar-refractivity contribution < 1.29 is 9.18 Å². The number of hydrogen-bond acceptors (Lipinski definition) is 7. The van der Waals surface area contributed by atoms with Crippen molar-refractivity contribution in [3.63, 3.8) is 0 Å². The Hall–Kier alpha value is -2.59. The van der Waals surface area contributed by atoms with Crippen LogP contribution in [-0.4, -0.2) is 36.2 Å². The second-order valence-electron chi connectivity index (χ2n) is 5.62. The maximum absolute atomic E-state index is 13.2. The summed E-state index contributed by atoms with van der Waals surface area (Å²) < 4.78 is 15.7. The number of nitrogens with zero attached hydrogens (tertiary/aromatic N) is 5. The Labute approximate surface area is 155 Å². The van der Waals surface area contributed by atoms with Crippen molar-refractivity contribution in [1.82, 2.24) is 24.6 Å². The van der Waals surface area contributed by atoms with Gasteiger partial charge < -0.3 is 5.32 Å². The van der Waals surface area contributed by atoms with E-state index in [2.05, 4.69) is 25.5 Å². The fraction of sp³-hybridized carbons (Fsp3) is 0.188. The van der Waals surface area contributed by atoms with Crippen LogP contribution in [0, 0.1) is 19.7 Å². The Bertz CT molecular complexity index is 1140. The number of rotatable bonds is 4. The first-order valence-corrected chi connectivity index (χ1v) is 9.48. The normalized spacial score (nSPS) is 11.3. The van der Waals surface area contributed by atoms with Gasteiger partial charge in [-0.25, -0.2) is 14.4 Å². The van der Waals surface area contributed by atoms with Crippen molar-refractivity contribution in [2.24, 2.45) is 0 Å². The molecule has 26 heavy (non-hydrogen) atoms. The summed E-state index contributed by atoms with van der Waals surface area (Å²) in [5.41, 5.74) is 2.47. The first-order chi connectivity index (χ1) is 12.5. The molecule has 0 radical (unpaired) electrons. The Balaban J connectivity index is 1.47. The molecule has 1 aromatic carbocycles. The minimum absolute atomic E-state index is 0.151. The molecule has 4 aromatic rings. The number of thiazole rings is 1. The summed E-state index contributed by atoms with van der Waals surface area (Å²) >= 11 is 2.50. The first-order valence-electron chi connectivity index (χ1n) is 7.68. The summed E-state index contributed by atoms with van der Waals surface area (Å²) in [6.45, 7) is 3.83. The maximum Gasteiger partial charge on any atom is 0.256 e. The molecule has 0 bridgehead atoms. The molecule has 0 aliphatic heterocycles. The highest BCUT2D eigenvalue weighted by atomic mass is 32.2. The lowest BCUT2D eigenvalue weighted by Gasteiger charge is -2.04. The van der Waals surface area contributed by atoms with E-state index in [1.807, 2.05) is 24.3 Å². The summed E-state index contributed by atoms with van der Waals surface area (Å²) in [5.74, 6) is 0.119. The van der Waals surface area contributed by atoms with Crippen LogP contribution in [-0.2, 0) is 4.79 Å². The Morgan fingerprint density at radius 3 is 2.96 bits per heavy atom. The van der Waals surface area contributed by atoms with E-state index < -0.39 is 0 Å². The quantitative estimate of drug-likeness (QED) is 0.540. The maximum atomic E-state index is 13.2. The molecule has 0 atom stereocenters. The van der Waals surface area contributed by atoms with Crippen LogP contribution in [0.1, 0.15) is 11.4 Å². The Morgan fingerprint density at radius 1 is 1.27 bits per heavy atom.